The van der Waals surface area contributed by atoms with Crippen LogP contribution in [0, 0.1) is 6.92 Å². The first-order valence-corrected chi connectivity index (χ1v) is 11.7. The zero-order chi connectivity index (χ0) is 22.4. The standard InChI is InChI=1S/C24H26N2O4S/c1-18-10-7-8-15-22(18)24(19-11-5-4-6-12-19)25-23(27)17-26(31(3,28)29)20-13-9-14-21(16-20)30-2/h4-16,24H,17H2,1-3H3,(H,25,27)/t24-/m0/s1. The molecule has 0 aliphatic heterocycles. The molecule has 0 bridgehead atoms. The molecule has 162 valence electrons. The van der Waals surface area contributed by atoms with Crippen molar-refractivity contribution < 1.29 is 17.9 Å². The van der Waals surface area contributed by atoms with Crippen molar-refractivity contribution in [3.8, 4) is 5.75 Å². The summed E-state index contributed by atoms with van der Waals surface area (Å²) in [4.78, 5) is 13.0. The predicted octanol–water partition coefficient (Wildman–Crippen LogP) is 3.68. The zero-order valence-electron chi connectivity index (χ0n) is 17.8. The van der Waals surface area contributed by atoms with Crippen LogP contribution in [0.5, 0.6) is 5.75 Å². The number of sulfonamides is 1. The van der Waals surface area contributed by atoms with E-state index < -0.39 is 22.0 Å². The molecule has 0 unspecified atom stereocenters. The normalized spacial score (nSPS) is 12.1. The highest BCUT2D eigenvalue weighted by Crippen LogP contribution is 2.26. The third kappa shape index (κ3) is 5.64. The number of nitrogens with one attached hydrogen (secondary N) is 1. The molecule has 3 aromatic carbocycles. The van der Waals surface area contributed by atoms with Gasteiger partial charge in [0.05, 0.1) is 25.1 Å². The van der Waals surface area contributed by atoms with Gasteiger partial charge in [-0.1, -0.05) is 60.7 Å². The highest BCUT2D eigenvalue weighted by atomic mass is 32.2. The number of ether oxygens (including phenoxy) is 1. The van der Waals surface area contributed by atoms with Crippen LogP contribution in [0.15, 0.2) is 78.9 Å². The Bertz CT molecular complexity index is 1150. The third-order valence-electron chi connectivity index (χ3n) is 4.97. The van der Waals surface area contributed by atoms with Gasteiger partial charge < -0.3 is 10.1 Å². The molecule has 3 rings (SSSR count). The van der Waals surface area contributed by atoms with Crippen LogP contribution in [0.4, 0.5) is 5.69 Å². The molecule has 3 aromatic rings. The van der Waals surface area contributed by atoms with Crippen molar-refractivity contribution in [1.29, 1.82) is 0 Å². The number of amides is 1. The highest BCUT2D eigenvalue weighted by molar-refractivity contribution is 7.92. The lowest BCUT2D eigenvalue weighted by Gasteiger charge is -2.25. The molecule has 0 aliphatic carbocycles. The Morgan fingerprint density at radius 1 is 1.00 bits per heavy atom. The molecule has 1 amide bonds. The molecule has 6 nitrogen and oxygen atoms in total. The Hall–Kier alpha value is -3.32. The molecular formula is C24H26N2O4S. The summed E-state index contributed by atoms with van der Waals surface area (Å²) in [6.07, 6.45) is 1.08. The van der Waals surface area contributed by atoms with Crippen molar-refractivity contribution in [2.24, 2.45) is 0 Å². The van der Waals surface area contributed by atoms with Crippen molar-refractivity contribution in [1.82, 2.24) is 5.32 Å². The molecule has 0 fully saturated rings. The van der Waals surface area contributed by atoms with Crippen LogP contribution < -0.4 is 14.4 Å². The summed E-state index contributed by atoms with van der Waals surface area (Å²) < 4.78 is 31.2. The van der Waals surface area contributed by atoms with Crippen molar-refractivity contribution in [2.45, 2.75) is 13.0 Å². The van der Waals surface area contributed by atoms with E-state index in [0.29, 0.717) is 11.4 Å². The van der Waals surface area contributed by atoms with E-state index in [9.17, 15) is 13.2 Å². The van der Waals surface area contributed by atoms with Gasteiger partial charge >= 0.3 is 0 Å². The number of methoxy groups -OCH3 is 1. The summed E-state index contributed by atoms with van der Waals surface area (Å²) in [5.41, 5.74) is 3.26. The first-order chi connectivity index (χ1) is 14.8. The first kappa shape index (κ1) is 22.4. The lowest BCUT2D eigenvalue weighted by Crippen LogP contribution is -2.42. The molecule has 0 heterocycles. The lowest BCUT2D eigenvalue weighted by atomic mass is 9.95. The maximum absolute atomic E-state index is 13.0. The smallest absolute Gasteiger partial charge is 0.241 e. The van der Waals surface area contributed by atoms with E-state index in [0.717, 1.165) is 27.3 Å². The minimum absolute atomic E-state index is 0.346. The molecule has 0 aliphatic rings. The molecule has 0 radical (unpaired) electrons. The van der Waals surface area contributed by atoms with Gasteiger partial charge in [0.15, 0.2) is 0 Å². The van der Waals surface area contributed by atoms with Crippen LogP contribution in [-0.2, 0) is 14.8 Å². The second-order valence-electron chi connectivity index (χ2n) is 7.24. The lowest BCUT2D eigenvalue weighted by molar-refractivity contribution is -0.120. The quantitative estimate of drug-likeness (QED) is 0.582. The predicted molar refractivity (Wildman–Crippen MR) is 123 cm³/mol. The minimum atomic E-state index is -3.69. The van der Waals surface area contributed by atoms with Gasteiger partial charge in [0, 0.05) is 6.07 Å². The Morgan fingerprint density at radius 2 is 1.68 bits per heavy atom. The summed E-state index contributed by atoms with van der Waals surface area (Å²) in [5, 5.41) is 3.02. The summed E-state index contributed by atoms with van der Waals surface area (Å²) >= 11 is 0. The van der Waals surface area contributed by atoms with Crippen LogP contribution >= 0.6 is 0 Å². The number of carbonyl (C=O) groups excluding carboxylic acids is 1. The maximum atomic E-state index is 13.0. The van der Waals surface area contributed by atoms with Gasteiger partial charge in [0.25, 0.3) is 0 Å². The molecule has 0 spiro atoms. The topological polar surface area (TPSA) is 75.7 Å². The Balaban J connectivity index is 1.91. The summed E-state index contributed by atoms with van der Waals surface area (Å²) in [6.45, 7) is 1.64. The van der Waals surface area contributed by atoms with Gasteiger partial charge in [0.1, 0.15) is 12.3 Å². The second kappa shape index (κ2) is 9.66. The van der Waals surface area contributed by atoms with Crippen molar-refractivity contribution in [3.05, 3.63) is 95.6 Å². The fourth-order valence-corrected chi connectivity index (χ4v) is 4.25. The van der Waals surface area contributed by atoms with Crippen LogP contribution in [0.1, 0.15) is 22.7 Å². The largest absolute Gasteiger partial charge is 0.497 e. The number of nitrogens with zero attached hydrogens (tertiary/aromatic N) is 1. The number of benzene rings is 3. The molecule has 7 heteroatoms. The van der Waals surface area contributed by atoms with Gasteiger partial charge in [-0.2, -0.15) is 0 Å². The summed E-state index contributed by atoms with van der Waals surface area (Å²) in [6, 6.07) is 23.6. The zero-order valence-corrected chi connectivity index (χ0v) is 18.6. The van der Waals surface area contributed by atoms with E-state index in [1.54, 1.807) is 24.3 Å². The van der Waals surface area contributed by atoms with Gasteiger partial charge in [-0.25, -0.2) is 8.42 Å². The number of aryl methyl sites for hydroxylation is 1. The fraction of sp³-hybridized carbons (Fsp3) is 0.208. The van der Waals surface area contributed by atoms with E-state index >= 15 is 0 Å². The van der Waals surface area contributed by atoms with Crippen LogP contribution in [0.2, 0.25) is 0 Å². The molecule has 0 aromatic heterocycles. The van der Waals surface area contributed by atoms with Gasteiger partial charge in [-0.05, 0) is 35.7 Å². The van der Waals surface area contributed by atoms with E-state index in [1.165, 1.54) is 7.11 Å². The van der Waals surface area contributed by atoms with E-state index in [1.807, 2.05) is 61.5 Å². The molecule has 1 atom stereocenters. The molecule has 1 N–H and O–H groups in total. The molecule has 31 heavy (non-hydrogen) atoms. The van der Waals surface area contributed by atoms with Crippen LogP contribution in [0.25, 0.3) is 0 Å². The number of rotatable bonds is 8. The number of hydrogen-bond donors (Lipinski definition) is 1. The SMILES string of the molecule is COc1cccc(N(CC(=O)N[C@@H](c2ccccc2)c2ccccc2C)S(C)(=O)=O)c1. The monoisotopic (exact) mass is 438 g/mol. The fourth-order valence-electron chi connectivity index (χ4n) is 3.40. The Morgan fingerprint density at radius 3 is 2.32 bits per heavy atom. The first-order valence-electron chi connectivity index (χ1n) is 9.81. The second-order valence-corrected chi connectivity index (χ2v) is 9.15. The van der Waals surface area contributed by atoms with Crippen molar-refractivity contribution >= 4 is 21.6 Å². The third-order valence-corrected chi connectivity index (χ3v) is 6.11. The Labute approximate surface area is 183 Å². The van der Waals surface area contributed by atoms with Crippen molar-refractivity contribution in [2.75, 3.05) is 24.2 Å². The number of carbonyl (C=O) groups is 1. The van der Waals surface area contributed by atoms with Crippen LogP contribution in [-0.4, -0.2) is 34.2 Å². The molecule has 0 saturated heterocycles. The van der Waals surface area contributed by atoms with Crippen molar-refractivity contribution in [3.63, 3.8) is 0 Å². The van der Waals surface area contributed by atoms with Gasteiger partial charge in [-0.3, -0.25) is 9.10 Å². The van der Waals surface area contributed by atoms with Gasteiger partial charge in [0.2, 0.25) is 15.9 Å². The number of hydrogen-bond acceptors (Lipinski definition) is 4. The maximum Gasteiger partial charge on any atom is 0.241 e. The van der Waals surface area contributed by atoms with Crippen LogP contribution in [0.3, 0.4) is 0 Å². The number of anilines is 1. The average Bonchev–Trinajstić information content (AvgIpc) is 2.76. The Kier molecular flexibility index (Phi) is 6.97. The average molecular weight is 439 g/mol. The highest BCUT2D eigenvalue weighted by Gasteiger charge is 2.24. The van der Waals surface area contributed by atoms with E-state index in [4.69, 9.17) is 4.74 Å². The van der Waals surface area contributed by atoms with Gasteiger partial charge in [-0.15, -0.1) is 0 Å². The molecular weight excluding hydrogens is 412 g/mol. The van der Waals surface area contributed by atoms with E-state index in [2.05, 4.69) is 5.32 Å². The minimum Gasteiger partial charge on any atom is -0.497 e. The summed E-state index contributed by atoms with van der Waals surface area (Å²) in [5.74, 6) is 0.0963. The molecule has 0 saturated carbocycles. The summed E-state index contributed by atoms with van der Waals surface area (Å²) in [7, 11) is -2.19. The van der Waals surface area contributed by atoms with E-state index in [-0.39, 0.29) is 6.54 Å².